The number of thiazole rings is 1. The fourth-order valence-electron chi connectivity index (χ4n) is 2.83. The van der Waals surface area contributed by atoms with Gasteiger partial charge in [0.25, 0.3) is 11.8 Å². The summed E-state index contributed by atoms with van der Waals surface area (Å²) >= 11 is 1.54. The summed E-state index contributed by atoms with van der Waals surface area (Å²) in [5.41, 5.74) is 3.10. The Morgan fingerprint density at radius 1 is 1.07 bits per heavy atom. The molecule has 0 spiro atoms. The highest BCUT2D eigenvalue weighted by atomic mass is 32.1. The number of aryl methyl sites for hydroxylation is 1. The standard InChI is InChI=1S/C22H23N3O2S/c1-16-15-28-20(24-16)14-25(2)22(27)19-10-6-9-18(13-19)21(26)23-12-11-17-7-4-3-5-8-17/h3-10,13,15H,11-12,14H2,1-2H3,(H,23,26). The second-order valence-corrected chi connectivity index (χ2v) is 7.56. The first-order valence-corrected chi connectivity index (χ1v) is 9.99. The van der Waals surface area contributed by atoms with Crippen LogP contribution in [0.3, 0.4) is 0 Å². The van der Waals surface area contributed by atoms with Gasteiger partial charge in [0.1, 0.15) is 5.01 Å². The fourth-order valence-corrected chi connectivity index (χ4v) is 3.66. The van der Waals surface area contributed by atoms with Gasteiger partial charge in [0.2, 0.25) is 0 Å². The third kappa shape index (κ3) is 5.27. The molecule has 3 aromatic rings. The van der Waals surface area contributed by atoms with Crippen LogP contribution in [-0.2, 0) is 13.0 Å². The predicted octanol–water partition coefficient (Wildman–Crippen LogP) is 3.70. The Morgan fingerprint density at radius 2 is 1.82 bits per heavy atom. The molecule has 144 valence electrons. The molecule has 1 N–H and O–H groups in total. The van der Waals surface area contributed by atoms with Gasteiger partial charge in [0.15, 0.2) is 0 Å². The van der Waals surface area contributed by atoms with Crippen LogP contribution in [-0.4, -0.2) is 35.3 Å². The summed E-state index contributed by atoms with van der Waals surface area (Å²) < 4.78 is 0. The van der Waals surface area contributed by atoms with Gasteiger partial charge in [-0.1, -0.05) is 36.4 Å². The average molecular weight is 394 g/mol. The number of nitrogens with one attached hydrogen (secondary N) is 1. The molecular formula is C22H23N3O2S. The largest absolute Gasteiger partial charge is 0.352 e. The summed E-state index contributed by atoms with van der Waals surface area (Å²) in [4.78, 5) is 31.1. The zero-order valence-electron chi connectivity index (χ0n) is 16.0. The van der Waals surface area contributed by atoms with Crippen molar-refractivity contribution >= 4 is 23.2 Å². The number of amides is 2. The zero-order chi connectivity index (χ0) is 19.9. The molecule has 0 unspecified atom stereocenters. The van der Waals surface area contributed by atoms with E-state index in [-0.39, 0.29) is 11.8 Å². The fraction of sp³-hybridized carbons (Fsp3) is 0.227. The summed E-state index contributed by atoms with van der Waals surface area (Å²) in [7, 11) is 1.74. The van der Waals surface area contributed by atoms with Gasteiger partial charge in [-0.25, -0.2) is 4.98 Å². The van der Waals surface area contributed by atoms with Crippen LogP contribution in [0.15, 0.2) is 60.0 Å². The molecule has 0 fully saturated rings. The van der Waals surface area contributed by atoms with Gasteiger partial charge in [-0.15, -0.1) is 11.3 Å². The summed E-state index contributed by atoms with van der Waals surface area (Å²) in [5.74, 6) is -0.310. The van der Waals surface area contributed by atoms with Gasteiger partial charge in [0, 0.05) is 35.8 Å². The minimum absolute atomic E-state index is 0.133. The summed E-state index contributed by atoms with van der Waals surface area (Å²) in [6.45, 7) is 2.93. The Bertz CT molecular complexity index is 953. The number of hydrogen-bond acceptors (Lipinski definition) is 4. The molecule has 0 saturated heterocycles. The quantitative estimate of drug-likeness (QED) is 0.666. The summed E-state index contributed by atoms with van der Waals surface area (Å²) in [6.07, 6.45) is 0.765. The maximum Gasteiger partial charge on any atom is 0.253 e. The molecule has 6 heteroatoms. The molecule has 0 radical (unpaired) electrons. The molecule has 0 aliphatic carbocycles. The van der Waals surface area contributed by atoms with Crippen molar-refractivity contribution in [2.75, 3.05) is 13.6 Å². The van der Waals surface area contributed by atoms with Gasteiger partial charge in [0.05, 0.1) is 6.54 Å². The van der Waals surface area contributed by atoms with Gasteiger partial charge in [-0.3, -0.25) is 9.59 Å². The van der Waals surface area contributed by atoms with Gasteiger partial charge < -0.3 is 10.2 Å². The van der Waals surface area contributed by atoms with E-state index in [1.807, 2.05) is 42.6 Å². The second-order valence-electron chi connectivity index (χ2n) is 6.62. The van der Waals surface area contributed by atoms with Crippen LogP contribution in [0.4, 0.5) is 0 Å². The molecule has 5 nitrogen and oxygen atoms in total. The van der Waals surface area contributed by atoms with Crippen molar-refractivity contribution in [2.45, 2.75) is 19.9 Å². The van der Waals surface area contributed by atoms with Crippen molar-refractivity contribution in [3.63, 3.8) is 0 Å². The number of benzene rings is 2. The lowest BCUT2D eigenvalue weighted by Gasteiger charge is -2.16. The molecule has 2 amide bonds. The van der Waals surface area contributed by atoms with Crippen molar-refractivity contribution in [1.29, 1.82) is 0 Å². The SMILES string of the molecule is Cc1csc(CN(C)C(=O)c2cccc(C(=O)NCCc3ccccc3)c2)n1. The minimum atomic E-state index is -0.177. The molecule has 3 rings (SSSR count). The first-order chi connectivity index (χ1) is 13.5. The van der Waals surface area contributed by atoms with Crippen molar-refractivity contribution in [3.8, 4) is 0 Å². The number of rotatable bonds is 7. The van der Waals surface area contributed by atoms with Crippen molar-refractivity contribution < 1.29 is 9.59 Å². The normalized spacial score (nSPS) is 10.5. The number of carbonyl (C=O) groups is 2. The Kier molecular flexibility index (Phi) is 6.55. The Labute approximate surface area is 169 Å². The van der Waals surface area contributed by atoms with Crippen LogP contribution in [0.5, 0.6) is 0 Å². The van der Waals surface area contributed by atoms with E-state index >= 15 is 0 Å². The minimum Gasteiger partial charge on any atom is -0.352 e. The first-order valence-electron chi connectivity index (χ1n) is 9.11. The Hall–Kier alpha value is -2.99. The van der Waals surface area contributed by atoms with Crippen LogP contribution in [0, 0.1) is 6.92 Å². The predicted molar refractivity (Wildman–Crippen MR) is 112 cm³/mol. The van der Waals surface area contributed by atoms with E-state index in [4.69, 9.17) is 0 Å². The molecule has 0 saturated carbocycles. The summed E-state index contributed by atoms with van der Waals surface area (Å²) in [6, 6.07) is 16.8. The monoisotopic (exact) mass is 393 g/mol. The third-order valence-corrected chi connectivity index (χ3v) is 5.25. The number of carbonyl (C=O) groups excluding carboxylic acids is 2. The third-order valence-electron chi connectivity index (χ3n) is 4.30. The molecule has 2 aromatic carbocycles. The molecule has 1 heterocycles. The van der Waals surface area contributed by atoms with E-state index in [0.717, 1.165) is 17.1 Å². The zero-order valence-corrected chi connectivity index (χ0v) is 16.8. The molecule has 0 aliphatic rings. The van der Waals surface area contributed by atoms with Crippen molar-refractivity contribution in [1.82, 2.24) is 15.2 Å². The smallest absolute Gasteiger partial charge is 0.253 e. The lowest BCUT2D eigenvalue weighted by atomic mass is 10.1. The van der Waals surface area contributed by atoms with E-state index in [0.29, 0.717) is 24.2 Å². The van der Waals surface area contributed by atoms with Crippen LogP contribution in [0.2, 0.25) is 0 Å². The number of nitrogens with zero attached hydrogens (tertiary/aromatic N) is 2. The van der Waals surface area contributed by atoms with Gasteiger partial charge >= 0.3 is 0 Å². The van der Waals surface area contributed by atoms with Crippen LogP contribution in [0.1, 0.15) is 37.0 Å². The van der Waals surface area contributed by atoms with E-state index in [1.165, 1.54) is 16.9 Å². The Morgan fingerprint density at radius 3 is 2.54 bits per heavy atom. The van der Waals surface area contributed by atoms with Crippen LogP contribution < -0.4 is 5.32 Å². The highest BCUT2D eigenvalue weighted by molar-refractivity contribution is 7.09. The van der Waals surface area contributed by atoms with E-state index in [2.05, 4.69) is 10.3 Å². The molecular weight excluding hydrogens is 370 g/mol. The number of hydrogen-bond donors (Lipinski definition) is 1. The molecule has 0 aliphatic heterocycles. The van der Waals surface area contributed by atoms with Gasteiger partial charge in [-0.05, 0) is 37.1 Å². The maximum atomic E-state index is 12.7. The molecule has 0 atom stereocenters. The summed E-state index contributed by atoms with van der Waals surface area (Å²) in [5, 5.41) is 5.77. The average Bonchev–Trinajstić information content (AvgIpc) is 3.12. The van der Waals surface area contributed by atoms with E-state index in [9.17, 15) is 9.59 Å². The van der Waals surface area contributed by atoms with Crippen molar-refractivity contribution in [3.05, 3.63) is 87.4 Å². The highest BCUT2D eigenvalue weighted by Crippen LogP contribution is 2.14. The van der Waals surface area contributed by atoms with Crippen LogP contribution >= 0.6 is 11.3 Å². The second kappa shape index (κ2) is 9.28. The van der Waals surface area contributed by atoms with E-state index in [1.54, 1.807) is 36.2 Å². The highest BCUT2D eigenvalue weighted by Gasteiger charge is 2.15. The lowest BCUT2D eigenvalue weighted by molar-refractivity contribution is 0.0785. The van der Waals surface area contributed by atoms with E-state index < -0.39 is 0 Å². The Balaban J connectivity index is 1.59. The molecule has 28 heavy (non-hydrogen) atoms. The topological polar surface area (TPSA) is 62.3 Å². The maximum absolute atomic E-state index is 12.7. The number of aromatic nitrogens is 1. The molecule has 1 aromatic heterocycles. The van der Waals surface area contributed by atoms with Crippen molar-refractivity contribution in [2.24, 2.45) is 0 Å². The van der Waals surface area contributed by atoms with Gasteiger partial charge in [-0.2, -0.15) is 0 Å². The lowest BCUT2D eigenvalue weighted by Crippen LogP contribution is -2.28. The molecule has 0 bridgehead atoms. The van der Waals surface area contributed by atoms with Crippen LogP contribution in [0.25, 0.3) is 0 Å². The first kappa shape index (κ1) is 19.8.